The Balaban J connectivity index is 1.29. The van der Waals surface area contributed by atoms with E-state index < -0.39 is 0 Å². The number of para-hydroxylation sites is 1. The van der Waals surface area contributed by atoms with Gasteiger partial charge >= 0.3 is 0 Å². The van der Waals surface area contributed by atoms with Crippen LogP contribution in [0.5, 0.6) is 0 Å². The molecular weight excluding hydrogens is 336 g/mol. The van der Waals surface area contributed by atoms with Gasteiger partial charge in [0.2, 0.25) is 0 Å². The average molecular weight is 363 g/mol. The van der Waals surface area contributed by atoms with Gasteiger partial charge in [0, 0.05) is 42.5 Å². The van der Waals surface area contributed by atoms with E-state index in [9.17, 15) is 0 Å². The molecule has 0 amide bonds. The van der Waals surface area contributed by atoms with Crippen LogP contribution in [-0.2, 0) is 12.8 Å². The van der Waals surface area contributed by atoms with Crippen molar-refractivity contribution in [3.05, 3.63) is 78.0 Å². The van der Waals surface area contributed by atoms with Gasteiger partial charge in [-0.05, 0) is 41.4 Å². The van der Waals surface area contributed by atoms with Gasteiger partial charge < -0.3 is 9.88 Å². The fourth-order valence-corrected chi connectivity index (χ4v) is 4.86. The lowest BCUT2D eigenvalue weighted by Gasteiger charge is -2.24. The number of nitrogens with one attached hydrogen (secondary N) is 1. The second-order valence-electron chi connectivity index (χ2n) is 7.03. The first-order valence-corrected chi connectivity index (χ1v) is 10.6. The highest BCUT2D eigenvalue weighted by Gasteiger charge is 2.15. The third-order valence-corrected chi connectivity index (χ3v) is 6.25. The lowest BCUT2D eigenvalue weighted by Crippen LogP contribution is -2.33. The van der Waals surface area contributed by atoms with E-state index in [2.05, 4.69) is 95.6 Å². The molecule has 1 atom stereocenters. The van der Waals surface area contributed by atoms with Gasteiger partial charge in [0.05, 0.1) is 0 Å². The zero-order chi connectivity index (χ0) is 17.8. The topological polar surface area (TPSA) is 17.0 Å². The standard InChI is InChI=1S/C23H26N2S/c1-25-16-20(22-9-5-6-10-23(22)25)17-26-14-12-21-15-19(11-13-24-21)18-7-3-2-4-8-18/h2-11,16,21,24H,12-15,17H2,1H3. The highest BCUT2D eigenvalue weighted by Crippen LogP contribution is 2.27. The Labute approximate surface area is 160 Å². The highest BCUT2D eigenvalue weighted by atomic mass is 32.2. The van der Waals surface area contributed by atoms with Crippen LogP contribution in [0, 0.1) is 0 Å². The Kier molecular flexibility index (Phi) is 5.47. The van der Waals surface area contributed by atoms with Crippen molar-refractivity contribution in [1.29, 1.82) is 0 Å². The summed E-state index contributed by atoms with van der Waals surface area (Å²) in [6.45, 7) is 0.989. The summed E-state index contributed by atoms with van der Waals surface area (Å²) < 4.78 is 2.24. The van der Waals surface area contributed by atoms with E-state index >= 15 is 0 Å². The van der Waals surface area contributed by atoms with Crippen LogP contribution in [0.2, 0.25) is 0 Å². The smallest absolute Gasteiger partial charge is 0.0480 e. The van der Waals surface area contributed by atoms with Crippen molar-refractivity contribution in [3.8, 4) is 0 Å². The molecule has 26 heavy (non-hydrogen) atoms. The minimum atomic E-state index is 0.593. The molecule has 1 aliphatic rings. The van der Waals surface area contributed by atoms with Crippen LogP contribution in [0.25, 0.3) is 16.5 Å². The maximum absolute atomic E-state index is 3.66. The fourth-order valence-electron chi connectivity index (χ4n) is 3.81. The number of aromatic nitrogens is 1. The fraction of sp³-hybridized carbons (Fsp3) is 0.304. The van der Waals surface area contributed by atoms with Crippen molar-refractivity contribution < 1.29 is 0 Å². The maximum atomic E-state index is 3.66. The minimum absolute atomic E-state index is 0.593. The van der Waals surface area contributed by atoms with E-state index in [0.29, 0.717) is 6.04 Å². The third-order valence-electron chi connectivity index (χ3n) is 5.21. The Bertz CT molecular complexity index is 895. The normalized spacial score (nSPS) is 17.4. The quantitative estimate of drug-likeness (QED) is 0.603. The molecule has 0 spiro atoms. The lowest BCUT2D eigenvalue weighted by atomic mass is 9.94. The summed E-state index contributed by atoms with van der Waals surface area (Å²) >= 11 is 2.05. The van der Waals surface area contributed by atoms with E-state index in [-0.39, 0.29) is 0 Å². The Morgan fingerprint density at radius 3 is 2.77 bits per heavy atom. The maximum Gasteiger partial charge on any atom is 0.0480 e. The summed E-state index contributed by atoms with van der Waals surface area (Å²) in [5.74, 6) is 2.29. The van der Waals surface area contributed by atoms with Crippen LogP contribution in [0.3, 0.4) is 0 Å². The van der Waals surface area contributed by atoms with Gasteiger partial charge in [-0.2, -0.15) is 11.8 Å². The van der Waals surface area contributed by atoms with Crippen molar-refractivity contribution in [2.24, 2.45) is 7.05 Å². The zero-order valence-electron chi connectivity index (χ0n) is 15.3. The van der Waals surface area contributed by atoms with Gasteiger partial charge in [0.25, 0.3) is 0 Å². The summed E-state index contributed by atoms with van der Waals surface area (Å²) in [6, 6.07) is 20.1. The molecule has 0 saturated heterocycles. The molecule has 3 heteroatoms. The predicted molar refractivity (Wildman–Crippen MR) is 115 cm³/mol. The first kappa shape index (κ1) is 17.4. The molecule has 2 heterocycles. The first-order chi connectivity index (χ1) is 12.8. The van der Waals surface area contributed by atoms with Crippen LogP contribution in [0.15, 0.2) is 66.9 Å². The Morgan fingerprint density at radius 1 is 1.08 bits per heavy atom. The molecule has 1 aromatic heterocycles. The number of thioether (sulfide) groups is 1. The van der Waals surface area contributed by atoms with Gasteiger partial charge in [-0.15, -0.1) is 0 Å². The number of hydrogen-bond donors (Lipinski definition) is 1. The molecule has 1 aliphatic heterocycles. The molecule has 0 bridgehead atoms. The summed E-state index contributed by atoms with van der Waals surface area (Å²) in [7, 11) is 2.14. The van der Waals surface area contributed by atoms with E-state index in [4.69, 9.17) is 0 Å². The number of fused-ring (bicyclic) bond motifs is 1. The molecule has 1 unspecified atom stereocenters. The highest BCUT2D eigenvalue weighted by molar-refractivity contribution is 7.98. The number of benzene rings is 2. The van der Waals surface area contributed by atoms with E-state index in [1.165, 1.54) is 39.8 Å². The molecule has 4 rings (SSSR count). The van der Waals surface area contributed by atoms with Crippen molar-refractivity contribution in [1.82, 2.24) is 9.88 Å². The van der Waals surface area contributed by atoms with Crippen LogP contribution < -0.4 is 5.32 Å². The zero-order valence-corrected chi connectivity index (χ0v) is 16.1. The number of nitrogens with zero attached hydrogens (tertiary/aromatic N) is 1. The largest absolute Gasteiger partial charge is 0.350 e. The van der Waals surface area contributed by atoms with E-state index in [1.807, 2.05) is 0 Å². The molecule has 1 N–H and O–H groups in total. The van der Waals surface area contributed by atoms with Crippen molar-refractivity contribution in [2.75, 3.05) is 12.3 Å². The number of aryl methyl sites for hydroxylation is 1. The van der Waals surface area contributed by atoms with Gasteiger partial charge in [-0.1, -0.05) is 54.6 Å². The molecule has 134 valence electrons. The van der Waals surface area contributed by atoms with Crippen molar-refractivity contribution in [2.45, 2.75) is 24.6 Å². The van der Waals surface area contributed by atoms with Crippen molar-refractivity contribution >= 4 is 28.2 Å². The predicted octanol–water partition coefficient (Wildman–Crippen LogP) is 5.25. The van der Waals surface area contributed by atoms with Gasteiger partial charge in [0.15, 0.2) is 0 Å². The number of rotatable bonds is 6. The number of hydrogen-bond acceptors (Lipinski definition) is 2. The monoisotopic (exact) mass is 362 g/mol. The van der Waals surface area contributed by atoms with Gasteiger partial charge in [-0.3, -0.25) is 0 Å². The molecule has 3 aromatic rings. The van der Waals surface area contributed by atoms with E-state index in [1.54, 1.807) is 0 Å². The third kappa shape index (κ3) is 3.89. The second-order valence-corrected chi connectivity index (χ2v) is 8.13. The van der Waals surface area contributed by atoms with Crippen LogP contribution in [0.1, 0.15) is 24.0 Å². The molecule has 2 nitrogen and oxygen atoms in total. The Morgan fingerprint density at radius 2 is 1.88 bits per heavy atom. The molecule has 0 radical (unpaired) electrons. The summed E-state index contributed by atoms with van der Waals surface area (Å²) in [5.41, 5.74) is 5.65. The Hall–Kier alpha value is -1.97. The molecule has 0 saturated carbocycles. The van der Waals surface area contributed by atoms with Crippen molar-refractivity contribution in [3.63, 3.8) is 0 Å². The van der Waals surface area contributed by atoms with Gasteiger partial charge in [0.1, 0.15) is 0 Å². The molecular formula is C23H26N2S. The van der Waals surface area contributed by atoms with Crippen LogP contribution >= 0.6 is 11.8 Å². The second kappa shape index (κ2) is 8.15. The van der Waals surface area contributed by atoms with Crippen LogP contribution in [0.4, 0.5) is 0 Å². The minimum Gasteiger partial charge on any atom is -0.350 e. The van der Waals surface area contributed by atoms with E-state index in [0.717, 1.165) is 18.7 Å². The van der Waals surface area contributed by atoms with Gasteiger partial charge in [-0.25, -0.2) is 0 Å². The molecule has 0 fully saturated rings. The SMILES string of the molecule is Cn1cc(CSCCC2CC(c3ccccc3)=CCN2)c2ccccc21. The summed E-state index contributed by atoms with van der Waals surface area (Å²) in [4.78, 5) is 0. The lowest BCUT2D eigenvalue weighted by molar-refractivity contribution is 0.525. The molecule has 0 aliphatic carbocycles. The molecule has 2 aromatic carbocycles. The summed E-state index contributed by atoms with van der Waals surface area (Å²) in [6.07, 6.45) is 6.99. The van der Waals surface area contributed by atoms with Crippen LogP contribution in [-0.4, -0.2) is 22.9 Å². The summed E-state index contributed by atoms with van der Waals surface area (Å²) in [5, 5.41) is 5.05. The first-order valence-electron chi connectivity index (χ1n) is 9.40. The average Bonchev–Trinajstić information content (AvgIpc) is 3.02.